The number of nitrogens with zero attached hydrogens (tertiary/aromatic N) is 2. The molecular weight excluding hydrogens is 424 g/mol. The van der Waals surface area contributed by atoms with Crippen LogP contribution < -0.4 is 14.8 Å². The zero-order valence-electron chi connectivity index (χ0n) is 15.8. The minimum atomic E-state index is -2.97. The van der Waals surface area contributed by atoms with Crippen molar-refractivity contribution in [2.45, 2.75) is 13.2 Å². The van der Waals surface area contributed by atoms with Gasteiger partial charge in [0, 0.05) is 11.3 Å². The summed E-state index contributed by atoms with van der Waals surface area (Å²) in [7, 11) is 2.59. The molecule has 0 unspecified atom stereocenters. The highest BCUT2D eigenvalue weighted by molar-refractivity contribution is 6.33. The molecule has 3 rings (SSSR count). The van der Waals surface area contributed by atoms with Crippen LogP contribution in [-0.2, 0) is 11.3 Å². The Balaban J connectivity index is 1.72. The number of aromatic nitrogens is 2. The zero-order valence-corrected chi connectivity index (χ0v) is 16.6. The van der Waals surface area contributed by atoms with Gasteiger partial charge in [0.15, 0.2) is 11.5 Å². The van der Waals surface area contributed by atoms with Crippen molar-refractivity contribution in [3.8, 4) is 22.9 Å². The molecule has 0 atom stereocenters. The number of nitrogens with one attached hydrogen (secondary N) is 1. The molecular formula is C19H16ClF2N3O5. The van der Waals surface area contributed by atoms with E-state index in [0.29, 0.717) is 11.3 Å². The van der Waals surface area contributed by atoms with Crippen LogP contribution in [-0.4, -0.2) is 36.9 Å². The summed E-state index contributed by atoms with van der Waals surface area (Å²) in [6, 6.07) is 9.07. The van der Waals surface area contributed by atoms with Crippen molar-refractivity contribution in [2.75, 3.05) is 19.5 Å². The molecule has 3 aromatic rings. The monoisotopic (exact) mass is 439 g/mol. The van der Waals surface area contributed by atoms with Gasteiger partial charge in [-0.15, -0.1) is 0 Å². The average Bonchev–Trinajstić information content (AvgIpc) is 3.21. The number of hydrogen-bond acceptors (Lipinski definition) is 8. The Morgan fingerprint density at radius 3 is 2.70 bits per heavy atom. The van der Waals surface area contributed by atoms with E-state index in [1.165, 1.54) is 38.5 Å². The quantitative estimate of drug-likeness (QED) is 0.516. The summed E-state index contributed by atoms with van der Waals surface area (Å²) in [5, 5.41) is 7.17. The first-order valence-electron chi connectivity index (χ1n) is 8.48. The van der Waals surface area contributed by atoms with E-state index >= 15 is 0 Å². The number of carbonyl (C=O) groups excluding carboxylic acids is 1. The van der Waals surface area contributed by atoms with Gasteiger partial charge in [0.05, 0.1) is 31.4 Å². The second-order valence-corrected chi connectivity index (χ2v) is 6.20. The minimum absolute atomic E-state index is 0.105. The van der Waals surface area contributed by atoms with Gasteiger partial charge in [0.25, 0.3) is 0 Å². The second-order valence-electron chi connectivity index (χ2n) is 5.80. The summed E-state index contributed by atoms with van der Waals surface area (Å²) >= 11 is 5.99. The Morgan fingerprint density at radius 1 is 1.20 bits per heavy atom. The van der Waals surface area contributed by atoms with Crippen molar-refractivity contribution >= 4 is 23.3 Å². The summed E-state index contributed by atoms with van der Waals surface area (Å²) in [6.07, 6.45) is 0. The molecule has 2 aromatic carbocycles. The molecule has 0 saturated carbocycles. The number of methoxy groups -OCH3 is 2. The molecule has 0 aliphatic heterocycles. The number of ether oxygens (including phenoxy) is 3. The molecule has 0 aliphatic carbocycles. The molecule has 0 fully saturated rings. The Hall–Kier alpha value is -3.40. The van der Waals surface area contributed by atoms with E-state index in [2.05, 4.69) is 24.9 Å². The van der Waals surface area contributed by atoms with Gasteiger partial charge in [-0.25, -0.2) is 4.79 Å². The highest BCUT2D eigenvalue weighted by atomic mass is 35.5. The molecule has 1 heterocycles. The molecule has 0 saturated heterocycles. The summed E-state index contributed by atoms with van der Waals surface area (Å²) in [5.41, 5.74) is 1.30. The summed E-state index contributed by atoms with van der Waals surface area (Å²) in [6.45, 7) is -2.81. The molecule has 8 nitrogen and oxygen atoms in total. The highest BCUT2D eigenvalue weighted by Gasteiger charge is 2.15. The average molecular weight is 440 g/mol. The fraction of sp³-hybridized carbons (Fsp3) is 0.211. The van der Waals surface area contributed by atoms with Gasteiger partial charge in [-0.05, 0) is 36.4 Å². The molecule has 0 amide bonds. The molecule has 0 radical (unpaired) electrons. The molecule has 0 aliphatic rings. The third kappa shape index (κ3) is 4.95. The third-order valence-electron chi connectivity index (χ3n) is 3.92. The van der Waals surface area contributed by atoms with Gasteiger partial charge < -0.3 is 24.1 Å². The van der Waals surface area contributed by atoms with Gasteiger partial charge in [-0.3, -0.25) is 0 Å². The fourth-order valence-electron chi connectivity index (χ4n) is 2.52. The van der Waals surface area contributed by atoms with Crippen LogP contribution in [0, 0.1) is 0 Å². The van der Waals surface area contributed by atoms with E-state index in [-0.39, 0.29) is 40.3 Å². The third-order valence-corrected chi connectivity index (χ3v) is 4.25. The first-order chi connectivity index (χ1) is 14.4. The van der Waals surface area contributed by atoms with E-state index in [0.717, 1.165) is 0 Å². The van der Waals surface area contributed by atoms with Gasteiger partial charge in [0.2, 0.25) is 11.7 Å². The molecule has 11 heteroatoms. The number of esters is 1. The van der Waals surface area contributed by atoms with Crippen molar-refractivity contribution in [1.29, 1.82) is 0 Å². The largest absolute Gasteiger partial charge is 0.493 e. The van der Waals surface area contributed by atoms with Crippen LogP contribution in [0.4, 0.5) is 14.5 Å². The van der Waals surface area contributed by atoms with Crippen molar-refractivity contribution in [3.05, 3.63) is 52.9 Å². The van der Waals surface area contributed by atoms with Crippen molar-refractivity contribution in [3.63, 3.8) is 0 Å². The first-order valence-corrected chi connectivity index (χ1v) is 8.86. The zero-order chi connectivity index (χ0) is 21.7. The van der Waals surface area contributed by atoms with E-state index in [1.54, 1.807) is 12.1 Å². The minimum Gasteiger partial charge on any atom is -0.493 e. The lowest BCUT2D eigenvalue weighted by molar-refractivity contribution is -0.0512. The Kier molecular flexibility index (Phi) is 6.68. The number of alkyl halides is 2. The molecule has 30 heavy (non-hydrogen) atoms. The van der Waals surface area contributed by atoms with Crippen LogP contribution >= 0.6 is 11.6 Å². The molecule has 1 N–H and O–H groups in total. The van der Waals surface area contributed by atoms with E-state index in [1.807, 2.05) is 0 Å². The summed E-state index contributed by atoms with van der Waals surface area (Å²) < 4.78 is 44.2. The van der Waals surface area contributed by atoms with Crippen molar-refractivity contribution in [2.24, 2.45) is 0 Å². The van der Waals surface area contributed by atoms with Crippen LogP contribution in [0.5, 0.6) is 11.5 Å². The van der Waals surface area contributed by atoms with Gasteiger partial charge in [-0.1, -0.05) is 16.8 Å². The standard InChI is InChI=1S/C19H16ClF2N3O5/c1-27-15-7-10(3-6-14(15)29-19(21)22)17-24-16(30-25-17)9-23-11-4-5-13(20)12(8-11)18(26)28-2/h3-8,19,23H,9H2,1-2H3. The lowest BCUT2D eigenvalue weighted by atomic mass is 10.2. The summed E-state index contributed by atoms with van der Waals surface area (Å²) in [4.78, 5) is 16.0. The fourth-order valence-corrected chi connectivity index (χ4v) is 2.72. The number of anilines is 1. The van der Waals surface area contributed by atoms with Crippen LogP contribution in [0.25, 0.3) is 11.4 Å². The Morgan fingerprint density at radius 2 is 2.00 bits per heavy atom. The number of benzene rings is 2. The first kappa shape index (κ1) is 21.3. The Labute approximate surface area is 174 Å². The molecule has 158 valence electrons. The normalized spacial score (nSPS) is 10.7. The maximum atomic E-state index is 12.4. The van der Waals surface area contributed by atoms with E-state index in [9.17, 15) is 13.6 Å². The highest BCUT2D eigenvalue weighted by Crippen LogP contribution is 2.32. The predicted octanol–water partition coefficient (Wildman–Crippen LogP) is 4.40. The number of carbonyl (C=O) groups is 1. The van der Waals surface area contributed by atoms with Crippen LogP contribution in [0.1, 0.15) is 16.2 Å². The Bertz CT molecular complexity index is 1040. The van der Waals surface area contributed by atoms with E-state index in [4.69, 9.17) is 20.9 Å². The summed E-state index contributed by atoms with van der Waals surface area (Å²) in [5.74, 6) is -0.0667. The van der Waals surface area contributed by atoms with Gasteiger partial charge in [-0.2, -0.15) is 13.8 Å². The van der Waals surface area contributed by atoms with E-state index < -0.39 is 12.6 Å². The number of rotatable bonds is 8. The maximum Gasteiger partial charge on any atom is 0.387 e. The van der Waals surface area contributed by atoms with Gasteiger partial charge >= 0.3 is 12.6 Å². The molecule has 0 bridgehead atoms. The van der Waals surface area contributed by atoms with Gasteiger partial charge in [0.1, 0.15) is 0 Å². The maximum absolute atomic E-state index is 12.4. The van der Waals surface area contributed by atoms with Crippen molar-refractivity contribution < 1.29 is 32.3 Å². The number of hydrogen-bond donors (Lipinski definition) is 1. The van der Waals surface area contributed by atoms with Crippen LogP contribution in [0.2, 0.25) is 5.02 Å². The lowest BCUT2D eigenvalue weighted by Gasteiger charge is -2.10. The number of halogens is 3. The second kappa shape index (κ2) is 9.40. The van der Waals surface area contributed by atoms with Crippen molar-refractivity contribution in [1.82, 2.24) is 10.1 Å². The van der Waals surface area contributed by atoms with Crippen LogP contribution in [0.3, 0.4) is 0 Å². The SMILES string of the molecule is COC(=O)c1cc(NCc2nc(-c3ccc(OC(F)F)c(OC)c3)no2)ccc1Cl. The predicted molar refractivity (Wildman–Crippen MR) is 103 cm³/mol. The lowest BCUT2D eigenvalue weighted by Crippen LogP contribution is -2.05. The van der Waals surface area contributed by atoms with Crippen LogP contribution in [0.15, 0.2) is 40.9 Å². The molecule has 1 aromatic heterocycles. The molecule has 0 spiro atoms. The smallest absolute Gasteiger partial charge is 0.387 e. The topological polar surface area (TPSA) is 95.7 Å².